The molecule has 12 aromatic rings. The molecule has 9 aromatic carbocycles. The largest absolute Gasteiger partial charge is 0.309 e. The van der Waals surface area contributed by atoms with Crippen LogP contribution in [0.1, 0.15) is 0 Å². The molecule has 0 bridgehead atoms. The summed E-state index contributed by atoms with van der Waals surface area (Å²) in [5.41, 5.74) is 9.70. The molecule has 12 rings (SSSR count). The number of thiophene rings is 1. The van der Waals surface area contributed by atoms with Crippen molar-refractivity contribution in [3.05, 3.63) is 182 Å². The fourth-order valence-electron chi connectivity index (χ4n) is 8.83. The van der Waals surface area contributed by atoms with Gasteiger partial charge in [0.05, 0.1) is 22.1 Å². The topological polar surface area (TPSA) is 9.86 Å². The summed E-state index contributed by atoms with van der Waals surface area (Å²) < 4.78 is 7.55. The summed E-state index contributed by atoms with van der Waals surface area (Å²) in [6, 6.07) is 67.4. The molecule has 0 aliphatic rings. The Kier molecular flexibility index (Phi) is 5.96. The van der Waals surface area contributed by atoms with Crippen LogP contribution in [-0.2, 0) is 0 Å². The summed E-state index contributed by atoms with van der Waals surface area (Å²) in [5.74, 6) is 0. The van der Waals surface area contributed by atoms with Crippen LogP contribution < -0.4 is 0 Å². The van der Waals surface area contributed by atoms with E-state index in [1.807, 2.05) is 11.3 Å². The molecule has 0 atom stereocenters. The second kappa shape index (κ2) is 10.9. The van der Waals surface area contributed by atoms with Gasteiger partial charge < -0.3 is 9.13 Å². The van der Waals surface area contributed by atoms with E-state index in [9.17, 15) is 0 Å². The van der Waals surface area contributed by atoms with Crippen molar-refractivity contribution in [2.45, 2.75) is 0 Å². The van der Waals surface area contributed by atoms with Crippen LogP contribution in [0.25, 0.3) is 108 Å². The number of para-hydroxylation sites is 1. The van der Waals surface area contributed by atoms with E-state index in [1.54, 1.807) is 0 Å². The molecule has 0 spiro atoms. The lowest BCUT2D eigenvalue weighted by Gasteiger charge is -2.11. The van der Waals surface area contributed by atoms with E-state index in [1.165, 1.54) is 108 Å². The van der Waals surface area contributed by atoms with Gasteiger partial charge in [0, 0.05) is 58.5 Å². The number of hydrogen-bond donors (Lipinski definition) is 0. The average Bonchev–Trinajstić information content (AvgIpc) is 3.87. The molecule has 0 saturated heterocycles. The van der Waals surface area contributed by atoms with E-state index >= 15 is 0 Å². The highest BCUT2D eigenvalue weighted by Crippen LogP contribution is 2.42. The molecule has 0 fully saturated rings. The van der Waals surface area contributed by atoms with Crippen LogP contribution in [0.4, 0.5) is 0 Å². The van der Waals surface area contributed by atoms with Crippen LogP contribution in [0.2, 0.25) is 0 Å². The summed E-state index contributed by atoms with van der Waals surface area (Å²) in [6.07, 6.45) is 0. The van der Waals surface area contributed by atoms with E-state index < -0.39 is 0 Å². The van der Waals surface area contributed by atoms with Crippen molar-refractivity contribution >= 4 is 96.7 Å². The van der Waals surface area contributed by atoms with Crippen LogP contribution >= 0.6 is 11.3 Å². The summed E-state index contributed by atoms with van der Waals surface area (Å²) in [7, 11) is 0. The summed E-state index contributed by atoms with van der Waals surface area (Å²) in [4.78, 5) is 0. The van der Waals surface area contributed by atoms with Crippen molar-refractivity contribution in [2.24, 2.45) is 0 Å². The lowest BCUT2D eigenvalue weighted by molar-refractivity contribution is 1.19. The first-order valence-electron chi connectivity index (χ1n) is 18.2. The van der Waals surface area contributed by atoms with Crippen LogP contribution in [0.5, 0.6) is 0 Å². The smallest absolute Gasteiger partial charge is 0.0619 e. The van der Waals surface area contributed by atoms with Gasteiger partial charge in [0.25, 0.3) is 0 Å². The van der Waals surface area contributed by atoms with Crippen molar-refractivity contribution in [1.29, 1.82) is 0 Å². The monoisotopic (exact) mass is 690 g/mol. The predicted molar refractivity (Wildman–Crippen MR) is 228 cm³/mol. The zero-order valence-electron chi connectivity index (χ0n) is 28.6. The first kappa shape index (κ1) is 29.0. The highest BCUT2D eigenvalue weighted by Gasteiger charge is 2.18. The second-order valence-corrected chi connectivity index (χ2v) is 15.2. The van der Waals surface area contributed by atoms with Gasteiger partial charge in [-0.05, 0) is 94.0 Å². The maximum Gasteiger partial charge on any atom is 0.0619 e. The summed E-state index contributed by atoms with van der Waals surface area (Å²) in [5, 5.41) is 12.7. The van der Waals surface area contributed by atoms with E-state index in [-0.39, 0.29) is 0 Å². The average molecular weight is 691 g/mol. The Morgan fingerprint density at radius 2 is 0.887 bits per heavy atom. The lowest BCUT2D eigenvalue weighted by Crippen LogP contribution is -1.94. The number of aromatic nitrogens is 2. The molecule has 0 amide bonds. The Labute approximate surface area is 309 Å². The Morgan fingerprint density at radius 1 is 0.302 bits per heavy atom. The predicted octanol–water partition coefficient (Wildman–Crippen LogP) is 14.2. The van der Waals surface area contributed by atoms with Crippen LogP contribution in [0, 0.1) is 0 Å². The first-order chi connectivity index (χ1) is 26.3. The molecule has 0 radical (unpaired) electrons. The van der Waals surface area contributed by atoms with Crippen LogP contribution in [0.15, 0.2) is 182 Å². The van der Waals surface area contributed by atoms with Gasteiger partial charge in [-0.3, -0.25) is 0 Å². The Balaban J connectivity index is 1.08. The molecule has 3 aromatic heterocycles. The third-order valence-corrected chi connectivity index (χ3v) is 12.4. The van der Waals surface area contributed by atoms with Gasteiger partial charge in [0.2, 0.25) is 0 Å². The third-order valence-electron chi connectivity index (χ3n) is 11.3. The normalized spacial score (nSPS) is 12.2. The molecular weight excluding hydrogens is 661 g/mol. The van der Waals surface area contributed by atoms with Gasteiger partial charge in [-0.1, -0.05) is 115 Å². The molecule has 2 nitrogen and oxygen atoms in total. The SMILES string of the molecule is c1ccc2cc(-n3c4ccccc4c4cc(-c5ccc6c(c5)c5ccc7ccccc7c5n6-c5ccc6sc7ccccc7c6c5)ccc43)ccc2c1. The Bertz CT molecular complexity index is 3470. The van der Waals surface area contributed by atoms with E-state index in [2.05, 4.69) is 191 Å². The Hall–Kier alpha value is -6.68. The standard InChI is InChI=1S/C50H30N2S/c1-2-11-33-27-36(21-17-31(33)9-1)51-45-15-7-5-13-39(45)42-28-34(19-24-46(42)51)35-20-25-47-43(29-35)41-23-18-32-10-3-4-12-38(32)50(41)52(47)37-22-26-49-44(30-37)40-14-6-8-16-48(40)53-49/h1-30H. The zero-order valence-corrected chi connectivity index (χ0v) is 29.4. The fourth-order valence-corrected chi connectivity index (χ4v) is 9.91. The first-order valence-corrected chi connectivity index (χ1v) is 19.0. The lowest BCUT2D eigenvalue weighted by atomic mass is 10.00. The number of benzene rings is 9. The van der Waals surface area contributed by atoms with Crippen LogP contribution in [0.3, 0.4) is 0 Å². The van der Waals surface area contributed by atoms with Gasteiger partial charge >= 0.3 is 0 Å². The number of fused-ring (bicyclic) bond motifs is 12. The third kappa shape index (κ3) is 4.20. The van der Waals surface area contributed by atoms with Crippen molar-refractivity contribution in [3.63, 3.8) is 0 Å². The summed E-state index contributed by atoms with van der Waals surface area (Å²) >= 11 is 1.87. The van der Waals surface area contributed by atoms with E-state index in [0.29, 0.717) is 0 Å². The highest BCUT2D eigenvalue weighted by atomic mass is 32.1. The molecule has 53 heavy (non-hydrogen) atoms. The number of rotatable bonds is 3. The van der Waals surface area contributed by atoms with Crippen molar-refractivity contribution in [2.75, 3.05) is 0 Å². The van der Waals surface area contributed by atoms with E-state index in [4.69, 9.17) is 0 Å². The van der Waals surface area contributed by atoms with Gasteiger partial charge in [-0.2, -0.15) is 0 Å². The minimum Gasteiger partial charge on any atom is -0.309 e. The van der Waals surface area contributed by atoms with Gasteiger partial charge in [-0.15, -0.1) is 11.3 Å². The van der Waals surface area contributed by atoms with E-state index in [0.717, 1.165) is 0 Å². The molecule has 246 valence electrons. The zero-order chi connectivity index (χ0) is 34.6. The van der Waals surface area contributed by atoms with Crippen LogP contribution in [-0.4, -0.2) is 9.13 Å². The molecule has 3 heterocycles. The molecule has 0 aliphatic carbocycles. The molecule has 0 unspecified atom stereocenters. The molecule has 0 aliphatic heterocycles. The van der Waals surface area contributed by atoms with Gasteiger partial charge in [-0.25, -0.2) is 0 Å². The van der Waals surface area contributed by atoms with Crippen molar-refractivity contribution in [3.8, 4) is 22.5 Å². The molecule has 3 heteroatoms. The molecule has 0 N–H and O–H groups in total. The van der Waals surface area contributed by atoms with Crippen molar-refractivity contribution in [1.82, 2.24) is 9.13 Å². The quantitative estimate of drug-likeness (QED) is 0.175. The maximum absolute atomic E-state index is 2.49. The number of hydrogen-bond acceptors (Lipinski definition) is 1. The minimum absolute atomic E-state index is 1.18. The Morgan fingerprint density at radius 3 is 1.74 bits per heavy atom. The molecular formula is C50H30N2S. The minimum atomic E-state index is 1.18. The highest BCUT2D eigenvalue weighted by molar-refractivity contribution is 7.25. The van der Waals surface area contributed by atoms with Crippen molar-refractivity contribution < 1.29 is 0 Å². The van der Waals surface area contributed by atoms with Gasteiger partial charge in [0.1, 0.15) is 0 Å². The van der Waals surface area contributed by atoms with Gasteiger partial charge in [0.15, 0.2) is 0 Å². The maximum atomic E-state index is 2.49. The molecule has 0 saturated carbocycles. The summed E-state index contributed by atoms with van der Waals surface area (Å²) in [6.45, 7) is 0. The second-order valence-electron chi connectivity index (χ2n) is 14.1. The fraction of sp³-hybridized carbons (Fsp3) is 0. The number of nitrogens with zero attached hydrogens (tertiary/aromatic N) is 2.